The van der Waals surface area contributed by atoms with Crippen LogP contribution in [0.1, 0.15) is 5.69 Å². The molecule has 1 N–H and O–H groups in total. The molecule has 0 saturated carbocycles. The van der Waals surface area contributed by atoms with Gasteiger partial charge in [-0.2, -0.15) is 0 Å². The summed E-state index contributed by atoms with van der Waals surface area (Å²) in [5.74, 6) is -1.64. The van der Waals surface area contributed by atoms with Crippen molar-refractivity contribution in [2.75, 3.05) is 27.3 Å². The summed E-state index contributed by atoms with van der Waals surface area (Å²) in [5.41, 5.74) is 0.999. The predicted octanol–water partition coefficient (Wildman–Crippen LogP) is 2.06. The van der Waals surface area contributed by atoms with Crippen molar-refractivity contribution in [1.82, 2.24) is 9.88 Å². The summed E-state index contributed by atoms with van der Waals surface area (Å²) in [6, 6.07) is 3.47. The first kappa shape index (κ1) is 16.5. The number of hydrogen-bond donors (Lipinski definition) is 1. The fourth-order valence-corrected chi connectivity index (χ4v) is 2.09. The van der Waals surface area contributed by atoms with E-state index in [9.17, 15) is 13.9 Å². The molecule has 22 heavy (non-hydrogen) atoms. The van der Waals surface area contributed by atoms with Crippen molar-refractivity contribution in [3.8, 4) is 11.5 Å². The fourth-order valence-electron chi connectivity index (χ4n) is 2.09. The first-order chi connectivity index (χ1) is 10.5. The molecule has 1 aromatic carbocycles. The molecular formula is C15H18F2N2O3. The number of likely N-dealkylation sites (N-methyl/N-ethyl adjacent to an activating group) is 1. The summed E-state index contributed by atoms with van der Waals surface area (Å²) in [5, 5.41) is 9.65. The standard InChI is InChI=1S/C15H18F2N2O3/c1-19(7-12(20)9-21-2)6-11-8-22-15(18-11)10-3-4-13(16)14(17)5-10/h3-5,8,12,20H,6-7,9H2,1-2H3. The van der Waals surface area contributed by atoms with Crippen molar-refractivity contribution in [3.05, 3.63) is 41.8 Å². The van der Waals surface area contributed by atoms with Gasteiger partial charge in [-0.05, 0) is 25.2 Å². The van der Waals surface area contributed by atoms with Gasteiger partial charge < -0.3 is 14.3 Å². The monoisotopic (exact) mass is 312 g/mol. The van der Waals surface area contributed by atoms with Crippen LogP contribution in [0.5, 0.6) is 0 Å². The van der Waals surface area contributed by atoms with Crippen LogP contribution in [-0.4, -0.2) is 48.4 Å². The van der Waals surface area contributed by atoms with E-state index in [2.05, 4.69) is 4.98 Å². The van der Waals surface area contributed by atoms with Gasteiger partial charge >= 0.3 is 0 Å². The zero-order valence-electron chi connectivity index (χ0n) is 12.4. The van der Waals surface area contributed by atoms with Crippen LogP contribution in [-0.2, 0) is 11.3 Å². The molecule has 0 aliphatic carbocycles. The number of methoxy groups -OCH3 is 1. The van der Waals surface area contributed by atoms with Crippen LogP contribution in [0.25, 0.3) is 11.5 Å². The number of aliphatic hydroxyl groups excluding tert-OH is 1. The third-order valence-corrected chi connectivity index (χ3v) is 3.03. The Balaban J connectivity index is 2.00. The number of benzene rings is 1. The SMILES string of the molecule is COCC(O)CN(C)Cc1coc(-c2ccc(F)c(F)c2)n1. The Bertz CT molecular complexity index is 619. The van der Waals surface area contributed by atoms with Crippen LogP contribution in [0.4, 0.5) is 8.78 Å². The molecule has 0 amide bonds. The van der Waals surface area contributed by atoms with Crippen molar-refractivity contribution in [1.29, 1.82) is 0 Å². The molecule has 7 heteroatoms. The highest BCUT2D eigenvalue weighted by Crippen LogP contribution is 2.21. The molecule has 0 aliphatic rings. The normalized spacial score (nSPS) is 12.8. The van der Waals surface area contributed by atoms with Gasteiger partial charge in [-0.1, -0.05) is 0 Å². The van der Waals surface area contributed by atoms with Gasteiger partial charge in [0.15, 0.2) is 11.6 Å². The summed E-state index contributed by atoms with van der Waals surface area (Å²) in [7, 11) is 3.35. The summed E-state index contributed by atoms with van der Waals surface area (Å²) < 4.78 is 36.3. The summed E-state index contributed by atoms with van der Waals surface area (Å²) in [6.45, 7) is 1.12. The van der Waals surface area contributed by atoms with Gasteiger partial charge in [0.1, 0.15) is 6.26 Å². The quantitative estimate of drug-likeness (QED) is 0.848. The molecule has 0 radical (unpaired) electrons. The lowest BCUT2D eigenvalue weighted by molar-refractivity contribution is 0.0416. The minimum absolute atomic E-state index is 0.222. The van der Waals surface area contributed by atoms with Gasteiger partial charge in [-0.25, -0.2) is 13.8 Å². The van der Waals surface area contributed by atoms with E-state index in [4.69, 9.17) is 9.15 Å². The smallest absolute Gasteiger partial charge is 0.226 e. The van der Waals surface area contributed by atoms with Crippen molar-refractivity contribution in [2.24, 2.45) is 0 Å². The van der Waals surface area contributed by atoms with Crippen molar-refractivity contribution in [2.45, 2.75) is 12.6 Å². The van der Waals surface area contributed by atoms with Crippen LogP contribution in [0.2, 0.25) is 0 Å². The maximum absolute atomic E-state index is 13.2. The summed E-state index contributed by atoms with van der Waals surface area (Å²) in [4.78, 5) is 6.09. The Morgan fingerprint density at radius 2 is 2.14 bits per heavy atom. The van der Waals surface area contributed by atoms with E-state index in [1.54, 1.807) is 0 Å². The number of oxazole rings is 1. The first-order valence-corrected chi connectivity index (χ1v) is 6.75. The molecule has 0 bridgehead atoms. The molecule has 120 valence electrons. The number of hydrogen-bond acceptors (Lipinski definition) is 5. The van der Waals surface area contributed by atoms with Crippen LogP contribution in [0.3, 0.4) is 0 Å². The van der Waals surface area contributed by atoms with Gasteiger partial charge in [0.2, 0.25) is 5.89 Å². The van der Waals surface area contributed by atoms with Crippen LogP contribution in [0, 0.1) is 11.6 Å². The molecule has 1 heterocycles. The highest BCUT2D eigenvalue weighted by atomic mass is 19.2. The topological polar surface area (TPSA) is 58.7 Å². The van der Waals surface area contributed by atoms with E-state index >= 15 is 0 Å². The lowest BCUT2D eigenvalue weighted by atomic mass is 10.2. The molecule has 1 aromatic heterocycles. The number of halogens is 2. The van der Waals surface area contributed by atoms with E-state index < -0.39 is 17.7 Å². The Hall–Kier alpha value is -1.83. The van der Waals surface area contributed by atoms with Crippen LogP contribution >= 0.6 is 0 Å². The number of rotatable bonds is 7. The van der Waals surface area contributed by atoms with Gasteiger partial charge in [-0.15, -0.1) is 0 Å². The summed E-state index contributed by atoms with van der Waals surface area (Å²) in [6.07, 6.45) is 0.864. The van der Waals surface area contributed by atoms with Crippen molar-refractivity contribution in [3.63, 3.8) is 0 Å². The molecule has 1 atom stereocenters. The van der Waals surface area contributed by atoms with E-state index in [-0.39, 0.29) is 12.5 Å². The van der Waals surface area contributed by atoms with Gasteiger partial charge in [0.05, 0.1) is 18.4 Å². The Labute approximate surface area is 127 Å². The molecule has 2 rings (SSSR count). The molecule has 1 unspecified atom stereocenters. The summed E-state index contributed by atoms with van der Waals surface area (Å²) >= 11 is 0. The van der Waals surface area contributed by atoms with Gasteiger partial charge in [0, 0.05) is 25.8 Å². The zero-order chi connectivity index (χ0) is 16.1. The number of ether oxygens (including phenoxy) is 1. The minimum Gasteiger partial charge on any atom is -0.444 e. The average molecular weight is 312 g/mol. The van der Waals surface area contributed by atoms with E-state index in [1.807, 2.05) is 11.9 Å². The fraction of sp³-hybridized carbons (Fsp3) is 0.400. The molecule has 5 nitrogen and oxygen atoms in total. The molecule has 2 aromatic rings. The van der Waals surface area contributed by atoms with Crippen LogP contribution in [0.15, 0.2) is 28.9 Å². The van der Waals surface area contributed by atoms with Gasteiger partial charge in [-0.3, -0.25) is 4.90 Å². The molecule has 0 fully saturated rings. The second-order valence-corrected chi connectivity index (χ2v) is 5.08. The second kappa shape index (κ2) is 7.44. The maximum Gasteiger partial charge on any atom is 0.226 e. The van der Waals surface area contributed by atoms with E-state index in [0.29, 0.717) is 24.3 Å². The highest BCUT2D eigenvalue weighted by molar-refractivity contribution is 5.53. The van der Waals surface area contributed by atoms with Crippen molar-refractivity contribution >= 4 is 0 Å². The maximum atomic E-state index is 13.2. The Kier molecular flexibility index (Phi) is 5.59. The highest BCUT2D eigenvalue weighted by Gasteiger charge is 2.13. The number of aliphatic hydroxyl groups is 1. The molecule has 0 spiro atoms. The minimum atomic E-state index is -0.947. The third-order valence-electron chi connectivity index (χ3n) is 3.03. The van der Waals surface area contributed by atoms with E-state index in [1.165, 1.54) is 19.4 Å². The Morgan fingerprint density at radius 3 is 2.82 bits per heavy atom. The van der Waals surface area contributed by atoms with Crippen molar-refractivity contribution < 1.29 is 23.0 Å². The zero-order valence-corrected chi connectivity index (χ0v) is 12.4. The Morgan fingerprint density at radius 1 is 1.36 bits per heavy atom. The lowest BCUT2D eigenvalue weighted by Crippen LogP contribution is -2.31. The molecule has 0 aliphatic heterocycles. The number of nitrogens with zero attached hydrogens (tertiary/aromatic N) is 2. The van der Waals surface area contributed by atoms with E-state index in [0.717, 1.165) is 12.1 Å². The predicted molar refractivity (Wildman–Crippen MR) is 76.1 cm³/mol. The van der Waals surface area contributed by atoms with Gasteiger partial charge in [0.25, 0.3) is 0 Å². The molecule has 0 saturated heterocycles. The number of aromatic nitrogens is 1. The second-order valence-electron chi connectivity index (χ2n) is 5.08. The first-order valence-electron chi connectivity index (χ1n) is 6.75. The molecular weight excluding hydrogens is 294 g/mol. The third kappa shape index (κ3) is 4.33. The average Bonchev–Trinajstić information content (AvgIpc) is 2.90. The largest absolute Gasteiger partial charge is 0.444 e. The lowest BCUT2D eigenvalue weighted by Gasteiger charge is -2.18. The van der Waals surface area contributed by atoms with Crippen LogP contribution < -0.4 is 0 Å².